The topological polar surface area (TPSA) is 61.4 Å². The number of nitrogens with zero attached hydrogens (tertiary/aromatic N) is 1. The van der Waals surface area contributed by atoms with Gasteiger partial charge in [-0.1, -0.05) is 12.1 Å². The SMILES string of the molecule is CC(C)NC(=O)NC1CCN(C(=O)c2ccccc2F)CC1. The number of carbonyl (C=O) groups is 2. The van der Waals surface area contributed by atoms with E-state index in [0.717, 1.165) is 0 Å². The Morgan fingerprint density at radius 1 is 1.23 bits per heavy atom. The predicted molar refractivity (Wildman–Crippen MR) is 82.1 cm³/mol. The number of rotatable bonds is 3. The molecule has 0 radical (unpaired) electrons. The van der Waals surface area contributed by atoms with E-state index in [-0.39, 0.29) is 29.6 Å². The normalized spacial score (nSPS) is 15.7. The first-order valence-electron chi connectivity index (χ1n) is 7.58. The van der Waals surface area contributed by atoms with E-state index in [1.165, 1.54) is 12.1 Å². The van der Waals surface area contributed by atoms with Crippen LogP contribution in [0.2, 0.25) is 0 Å². The summed E-state index contributed by atoms with van der Waals surface area (Å²) in [6.07, 6.45) is 1.34. The van der Waals surface area contributed by atoms with Crippen LogP contribution in [0, 0.1) is 5.82 Å². The van der Waals surface area contributed by atoms with Gasteiger partial charge in [-0.25, -0.2) is 9.18 Å². The van der Waals surface area contributed by atoms with Gasteiger partial charge in [0.25, 0.3) is 5.91 Å². The van der Waals surface area contributed by atoms with Crippen LogP contribution in [0.3, 0.4) is 0 Å². The number of hydrogen-bond acceptors (Lipinski definition) is 2. The van der Waals surface area contributed by atoms with Crippen LogP contribution >= 0.6 is 0 Å². The summed E-state index contributed by atoms with van der Waals surface area (Å²) in [4.78, 5) is 25.6. The van der Waals surface area contributed by atoms with Crippen molar-refractivity contribution >= 4 is 11.9 Å². The molecule has 1 aromatic rings. The number of piperidine rings is 1. The number of carbonyl (C=O) groups excluding carboxylic acids is 2. The zero-order valence-electron chi connectivity index (χ0n) is 12.9. The average Bonchev–Trinajstić information content (AvgIpc) is 2.47. The van der Waals surface area contributed by atoms with E-state index < -0.39 is 5.82 Å². The van der Waals surface area contributed by atoms with E-state index >= 15 is 0 Å². The van der Waals surface area contributed by atoms with Crippen LogP contribution in [0.4, 0.5) is 9.18 Å². The zero-order chi connectivity index (χ0) is 16.1. The lowest BCUT2D eigenvalue weighted by atomic mass is 10.0. The summed E-state index contributed by atoms with van der Waals surface area (Å²) in [6, 6.07) is 5.95. The van der Waals surface area contributed by atoms with Gasteiger partial charge < -0.3 is 15.5 Å². The smallest absolute Gasteiger partial charge is 0.315 e. The Morgan fingerprint density at radius 3 is 2.45 bits per heavy atom. The number of hydrogen-bond donors (Lipinski definition) is 2. The minimum Gasteiger partial charge on any atom is -0.338 e. The lowest BCUT2D eigenvalue weighted by molar-refractivity contribution is 0.0703. The lowest BCUT2D eigenvalue weighted by Crippen LogP contribution is -2.50. The third-order valence-electron chi connectivity index (χ3n) is 3.64. The van der Waals surface area contributed by atoms with Crippen molar-refractivity contribution in [2.75, 3.05) is 13.1 Å². The molecular weight excluding hydrogens is 285 g/mol. The first-order valence-corrected chi connectivity index (χ1v) is 7.58. The van der Waals surface area contributed by atoms with Crippen LogP contribution in [0.1, 0.15) is 37.0 Å². The Bertz CT molecular complexity index is 540. The van der Waals surface area contributed by atoms with Crippen LogP contribution in [-0.2, 0) is 0 Å². The van der Waals surface area contributed by atoms with Crippen LogP contribution in [0.15, 0.2) is 24.3 Å². The van der Waals surface area contributed by atoms with Gasteiger partial charge in [0.2, 0.25) is 0 Å². The molecule has 1 saturated heterocycles. The average molecular weight is 307 g/mol. The summed E-state index contributed by atoms with van der Waals surface area (Å²) in [5.41, 5.74) is 0.103. The molecule has 2 rings (SSSR count). The fourth-order valence-corrected chi connectivity index (χ4v) is 2.52. The van der Waals surface area contributed by atoms with Crippen molar-refractivity contribution in [3.8, 4) is 0 Å². The summed E-state index contributed by atoms with van der Waals surface area (Å²) < 4.78 is 13.7. The molecule has 0 aliphatic carbocycles. The lowest BCUT2D eigenvalue weighted by Gasteiger charge is -2.32. The molecule has 0 atom stereocenters. The first-order chi connectivity index (χ1) is 10.5. The van der Waals surface area contributed by atoms with Crippen molar-refractivity contribution < 1.29 is 14.0 Å². The summed E-state index contributed by atoms with van der Waals surface area (Å²) in [5.74, 6) is -0.785. The second-order valence-electron chi connectivity index (χ2n) is 5.82. The molecule has 1 aliphatic rings. The maximum absolute atomic E-state index is 13.7. The van der Waals surface area contributed by atoms with E-state index in [2.05, 4.69) is 10.6 Å². The van der Waals surface area contributed by atoms with Crippen molar-refractivity contribution in [2.45, 2.75) is 38.8 Å². The van der Waals surface area contributed by atoms with Gasteiger partial charge in [0.15, 0.2) is 0 Å². The summed E-state index contributed by atoms with van der Waals surface area (Å²) >= 11 is 0. The molecule has 6 heteroatoms. The molecule has 120 valence electrons. The van der Waals surface area contributed by atoms with Crippen molar-refractivity contribution in [3.05, 3.63) is 35.6 Å². The molecule has 5 nitrogen and oxygen atoms in total. The van der Waals surface area contributed by atoms with Gasteiger partial charge in [0.05, 0.1) is 5.56 Å². The van der Waals surface area contributed by atoms with Gasteiger partial charge in [-0.15, -0.1) is 0 Å². The van der Waals surface area contributed by atoms with E-state index in [1.807, 2.05) is 13.8 Å². The molecule has 0 saturated carbocycles. The highest BCUT2D eigenvalue weighted by Crippen LogP contribution is 2.16. The van der Waals surface area contributed by atoms with Gasteiger partial charge in [-0.2, -0.15) is 0 Å². The second kappa shape index (κ2) is 7.24. The van der Waals surface area contributed by atoms with Crippen LogP contribution < -0.4 is 10.6 Å². The fraction of sp³-hybridized carbons (Fsp3) is 0.500. The Kier molecular flexibility index (Phi) is 5.35. The number of urea groups is 1. The number of likely N-dealkylation sites (tertiary alicyclic amines) is 1. The third kappa shape index (κ3) is 4.19. The van der Waals surface area contributed by atoms with Gasteiger partial charge in [0, 0.05) is 25.2 Å². The standard InChI is InChI=1S/C16H22FN3O2/c1-11(2)18-16(22)19-12-7-9-20(10-8-12)15(21)13-5-3-4-6-14(13)17/h3-6,11-12H,7-10H2,1-2H3,(H2,18,19,22). The molecule has 0 unspecified atom stereocenters. The fourth-order valence-electron chi connectivity index (χ4n) is 2.52. The largest absolute Gasteiger partial charge is 0.338 e. The maximum Gasteiger partial charge on any atom is 0.315 e. The first kappa shape index (κ1) is 16.3. The molecule has 22 heavy (non-hydrogen) atoms. The summed E-state index contributed by atoms with van der Waals surface area (Å²) in [6.45, 7) is 4.82. The molecular formula is C16H22FN3O2. The molecule has 0 spiro atoms. The Balaban J connectivity index is 1.86. The van der Waals surface area contributed by atoms with E-state index in [4.69, 9.17) is 0 Å². The highest BCUT2D eigenvalue weighted by molar-refractivity contribution is 5.94. The molecule has 1 fully saturated rings. The minimum atomic E-state index is -0.496. The van der Waals surface area contributed by atoms with E-state index in [1.54, 1.807) is 17.0 Å². The molecule has 3 amide bonds. The Morgan fingerprint density at radius 2 is 1.86 bits per heavy atom. The summed E-state index contributed by atoms with van der Waals surface area (Å²) in [7, 11) is 0. The molecule has 0 aromatic heterocycles. The van der Waals surface area contributed by atoms with Crippen molar-refractivity contribution in [1.29, 1.82) is 0 Å². The van der Waals surface area contributed by atoms with Crippen LogP contribution in [0.5, 0.6) is 0 Å². The quantitative estimate of drug-likeness (QED) is 0.899. The molecule has 2 N–H and O–H groups in total. The van der Waals surface area contributed by atoms with Crippen LogP contribution in [0.25, 0.3) is 0 Å². The maximum atomic E-state index is 13.7. The predicted octanol–water partition coefficient (Wildman–Crippen LogP) is 2.14. The van der Waals surface area contributed by atoms with E-state index in [0.29, 0.717) is 25.9 Å². The monoisotopic (exact) mass is 307 g/mol. The number of halogens is 1. The van der Waals surface area contributed by atoms with Crippen molar-refractivity contribution in [2.24, 2.45) is 0 Å². The highest BCUT2D eigenvalue weighted by atomic mass is 19.1. The molecule has 0 bridgehead atoms. The Hall–Kier alpha value is -2.11. The number of benzene rings is 1. The van der Waals surface area contributed by atoms with Crippen LogP contribution in [-0.4, -0.2) is 42.0 Å². The molecule has 1 heterocycles. The van der Waals surface area contributed by atoms with Gasteiger partial charge in [-0.05, 0) is 38.8 Å². The van der Waals surface area contributed by atoms with Crippen molar-refractivity contribution in [1.82, 2.24) is 15.5 Å². The molecule has 1 aromatic carbocycles. The number of amides is 3. The number of nitrogens with one attached hydrogen (secondary N) is 2. The second-order valence-corrected chi connectivity index (χ2v) is 5.82. The molecule has 1 aliphatic heterocycles. The summed E-state index contributed by atoms with van der Waals surface area (Å²) in [5, 5.41) is 5.68. The van der Waals surface area contributed by atoms with Crippen molar-refractivity contribution in [3.63, 3.8) is 0 Å². The van der Waals surface area contributed by atoms with E-state index in [9.17, 15) is 14.0 Å². The van der Waals surface area contributed by atoms with Gasteiger partial charge in [-0.3, -0.25) is 4.79 Å². The van der Waals surface area contributed by atoms with Gasteiger partial charge in [0.1, 0.15) is 5.82 Å². The minimum absolute atomic E-state index is 0.0448. The van der Waals surface area contributed by atoms with Gasteiger partial charge >= 0.3 is 6.03 Å². The zero-order valence-corrected chi connectivity index (χ0v) is 12.9. The Labute approximate surface area is 129 Å². The third-order valence-corrected chi connectivity index (χ3v) is 3.64. The highest BCUT2D eigenvalue weighted by Gasteiger charge is 2.25.